The van der Waals surface area contributed by atoms with Crippen LogP contribution in [0.15, 0.2) is 28.8 Å². The lowest BCUT2D eigenvalue weighted by Gasteiger charge is -2.08. The third-order valence-electron chi connectivity index (χ3n) is 3.55. The third kappa shape index (κ3) is 3.58. The van der Waals surface area contributed by atoms with Crippen LogP contribution in [-0.4, -0.2) is 28.6 Å². The molecule has 1 saturated heterocycles. The summed E-state index contributed by atoms with van der Waals surface area (Å²) in [6.07, 6.45) is -3.17. The van der Waals surface area contributed by atoms with Crippen molar-refractivity contribution in [2.75, 3.05) is 6.61 Å². The SMILES string of the molecule is O=C(Cc1ccc(-c2noc(C(F)(F)F)n2)cc1)C1CCCO1. The quantitative estimate of drug-likeness (QED) is 0.864. The zero-order chi connectivity index (χ0) is 16.4. The first kappa shape index (κ1) is 15.7. The summed E-state index contributed by atoms with van der Waals surface area (Å²) >= 11 is 0. The smallest absolute Gasteiger partial charge is 0.370 e. The minimum Gasteiger partial charge on any atom is -0.370 e. The molecule has 1 atom stereocenters. The fourth-order valence-corrected chi connectivity index (χ4v) is 2.37. The van der Waals surface area contributed by atoms with E-state index >= 15 is 0 Å². The molecule has 23 heavy (non-hydrogen) atoms. The predicted molar refractivity (Wildman–Crippen MR) is 72.4 cm³/mol. The van der Waals surface area contributed by atoms with E-state index in [0.29, 0.717) is 12.2 Å². The average Bonchev–Trinajstić information content (AvgIpc) is 3.19. The van der Waals surface area contributed by atoms with E-state index in [2.05, 4.69) is 14.7 Å². The predicted octanol–water partition coefficient (Wildman–Crippen LogP) is 3.05. The first-order valence-electron chi connectivity index (χ1n) is 7.08. The summed E-state index contributed by atoms with van der Waals surface area (Å²) in [6.45, 7) is 0.606. The number of hydrogen-bond donors (Lipinski definition) is 0. The van der Waals surface area contributed by atoms with Gasteiger partial charge in [-0.2, -0.15) is 18.2 Å². The Morgan fingerprint density at radius 2 is 2.00 bits per heavy atom. The molecule has 0 bridgehead atoms. The maximum absolute atomic E-state index is 12.4. The van der Waals surface area contributed by atoms with Gasteiger partial charge < -0.3 is 9.26 Å². The van der Waals surface area contributed by atoms with Gasteiger partial charge in [-0.15, -0.1) is 0 Å². The number of benzene rings is 1. The van der Waals surface area contributed by atoms with E-state index in [9.17, 15) is 18.0 Å². The van der Waals surface area contributed by atoms with E-state index in [1.165, 1.54) is 0 Å². The zero-order valence-electron chi connectivity index (χ0n) is 12.0. The molecular weight excluding hydrogens is 313 g/mol. The summed E-state index contributed by atoms with van der Waals surface area (Å²) in [7, 11) is 0. The van der Waals surface area contributed by atoms with Gasteiger partial charge in [0.05, 0.1) is 0 Å². The van der Waals surface area contributed by atoms with Crippen molar-refractivity contribution in [3.05, 3.63) is 35.7 Å². The van der Waals surface area contributed by atoms with E-state index in [1.807, 2.05) is 0 Å². The van der Waals surface area contributed by atoms with E-state index in [1.54, 1.807) is 24.3 Å². The Morgan fingerprint density at radius 3 is 2.57 bits per heavy atom. The number of carbonyl (C=O) groups excluding carboxylic acids is 1. The molecule has 1 aliphatic heterocycles. The molecule has 122 valence electrons. The molecule has 0 saturated carbocycles. The lowest BCUT2D eigenvalue weighted by molar-refractivity contribution is -0.159. The van der Waals surface area contributed by atoms with Gasteiger partial charge in [0.15, 0.2) is 5.78 Å². The number of alkyl halides is 3. The molecular formula is C15H13F3N2O3. The standard InChI is InChI=1S/C15H13F3N2O3/c16-15(17,18)14-19-13(20-23-14)10-5-3-9(4-6-10)8-11(21)12-2-1-7-22-12/h3-6,12H,1-2,7-8H2. The second-order valence-corrected chi connectivity index (χ2v) is 5.26. The maximum Gasteiger partial charge on any atom is 0.471 e. The monoisotopic (exact) mass is 326 g/mol. The highest BCUT2D eigenvalue weighted by atomic mass is 19.4. The Labute approximate surface area is 129 Å². The number of carbonyl (C=O) groups is 1. The van der Waals surface area contributed by atoms with Gasteiger partial charge in [0.1, 0.15) is 6.10 Å². The molecule has 0 spiro atoms. The largest absolute Gasteiger partial charge is 0.471 e. The van der Waals surface area contributed by atoms with Gasteiger partial charge in [-0.1, -0.05) is 29.4 Å². The summed E-state index contributed by atoms with van der Waals surface area (Å²) in [5, 5.41) is 3.31. The Morgan fingerprint density at radius 1 is 1.26 bits per heavy atom. The second-order valence-electron chi connectivity index (χ2n) is 5.26. The fourth-order valence-electron chi connectivity index (χ4n) is 2.37. The Balaban J connectivity index is 1.69. The molecule has 2 aromatic rings. The number of nitrogens with zero attached hydrogens (tertiary/aromatic N) is 2. The van der Waals surface area contributed by atoms with E-state index in [-0.39, 0.29) is 24.1 Å². The summed E-state index contributed by atoms with van der Waals surface area (Å²) in [6, 6.07) is 6.43. The van der Waals surface area contributed by atoms with Gasteiger partial charge in [0, 0.05) is 18.6 Å². The number of rotatable bonds is 4. The highest BCUT2D eigenvalue weighted by Crippen LogP contribution is 2.29. The molecule has 5 nitrogen and oxygen atoms in total. The lowest BCUT2D eigenvalue weighted by atomic mass is 10.0. The van der Waals surface area contributed by atoms with Crippen molar-refractivity contribution in [3.63, 3.8) is 0 Å². The van der Waals surface area contributed by atoms with Gasteiger partial charge in [0.2, 0.25) is 5.82 Å². The van der Waals surface area contributed by atoms with E-state index in [4.69, 9.17) is 4.74 Å². The lowest BCUT2D eigenvalue weighted by Crippen LogP contribution is -2.21. The topological polar surface area (TPSA) is 65.2 Å². The zero-order valence-corrected chi connectivity index (χ0v) is 12.0. The van der Waals surface area contributed by atoms with Crippen molar-refractivity contribution in [2.24, 2.45) is 0 Å². The van der Waals surface area contributed by atoms with Gasteiger partial charge in [-0.05, 0) is 18.4 Å². The van der Waals surface area contributed by atoms with Gasteiger partial charge in [-0.25, -0.2) is 0 Å². The van der Waals surface area contributed by atoms with Crippen molar-refractivity contribution < 1.29 is 27.2 Å². The first-order chi connectivity index (χ1) is 10.9. The summed E-state index contributed by atoms with van der Waals surface area (Å²) < 4.78 is 46.8. The van der Waals surface area contributed by atoms with Crippen LogP contribution in [0.5, 0.6) is 0 Å². The third-order valence-corrected chi connectivity index (χ3v) is 3.55. The van der Waals surface area contributed by atoms with Crippen LogP contribution in [0.25, 0.3) is 11.4 Å². The number of aromatic nitrogens is 2. The molecule has 0 N–H and O–H groups in total. The molecule has 1 aromatic carbocycles. The van der Waals surface area contributed by atoms with Crippen LogP contribution in [0.2, 0.25) is 0 Å². The van der Waals surface area contributed by atoms with Gasteiger partial charge in [-0.3, -0.25) is 4.79 Å². The molecule has 8 heteroatoms. The van der Waals surface area contributed by atoms with Crippen LogP contribution >= 0.6 is 0 Å². The molecule has 3 rings (SSSR count). The number of halogens is 3. The first-order valence-corrected chi connectivity index (χ1v) is 7.08. The van der Waals surface area contributed by atoms with Crippen molar-refractivity contribution in [2.45, 2.75) is 31.5 Å². The highest BCUT2D eigenvalue weighted by molar-refractivity contribution is 5.85. The summed E-state index contributed by atoms with van der Waals surface area (Å²) in [4.78, 5) is 15.3. The van der Waals surface area contributed by atoms with E-state index in [0.717, 1.165) is 18.4 Å². The molecule has 1 fully saturated rings. The Bertz CT molecular complexity index is 689. The van der Waals surface area contributed by atoms with Gasteiger partial charge >= 0.3 is 12.1 Å². The average molecular weight is 326 g/mol. The second kappa shape index (κ2) is 6.11. The van der Waals surface area contributed by atoms with Crippen LogP contribution in [0, 0.1) is 0 Å². The van der Waals surface area contributed by atoms with Crippen LogP contribution < -0.4 is 0 Å². The summed E-state index contributed by atoms with van der Waals surface area (Å²) in [5.41, 5.74) is 1.14. The molecule has 1 unspecified atom stereocenters. The van der Waals surface area contributed by atoms with Crippen LogP contribution in [0.3, 0.4) is 0 Å². The molecule has 1 aromatic heterocycles. The van der Waals surface area contributed by atoms with Gasteiger partial charge in [0.25, 0.3) is 0 Å². The Kier molecular flexibility index (Phi) is 4.16. The van der Waals surface area contributed by atoms with Crippen molar-refractivity contribution in [1.82, 2.24) is 10.1 Å². The molecule has 1 aliphatic rings. The molecule has 0 radical (unpaired) electrons. The van der Waals surface area contributed by atoms with Crippen molar-refractivity contribution in [3.8, 4) is 11.4 Å². The molecule has 0 amide bonds. The van der Waals surface area contributed by atoms with Crippen molar-refractivity contribution in [1.29, 1.82) is 0 Å². The van der Waals surface area contributed by atoms with Crippen LogP contribution in [0.4, 0.5) is 13.2 Å². The number of hydrogen-bond acceptors (Lipinski definition) is 5. The van der Waals surface area contributed by atoms with Crippen molar-refractivity contribution >= 4 is 5.78 Å². The fraction of sp³-hybridized carbons (Fsp3) is 0.400. The maximum atomic E-state index is 12.4. The van der Waals surface area contributed by atoms with Crippen LogP contribution in [0.1, 0.15) is 24.3 Å². The number of ketones is 1. The van der Waals surface area contributed by atoms with E-state index < -0.39 is 12.1 Å². The number of ether oxygens (including phenoxy) is 1. The van der Waals surface area contributed by atoms with Crippen LogP contribution in [-0.2, 0) is 22.1 Å². The minimum absolute atomic E-state index is 0.00849. The highest BCUT2D eigenvalue weighted by Gasteiger charge is 2.38. The summed E-state index contributed by atoms with van der Waals surface area (Å²) in [5.74, 6) is -1.52. The normalized spacial score (nSPS) is 18.3. The Hall–Kier alpha value is -2.22. The molecule has 2 heterocycles. The molecule has 0 aliphatic carbocycles. The number of Topliss-reactive ketones (excluding diaryl/α,β-unsaturated/α-hetero) is 1. The minimum atomic E-state index is -4.67.